The number of hydrogen-bond donors (Lipinski definition) is 1. The first kappa shape index (κ1) is 17.7. The maximum atomic E-state index is 12.9. The van der Waals surface area contributed by atoms with Gasteiger partial charge >= 0.3 is 0 Å². The van der Waals surface area contributed by atoms with Crippen molar-refractivity contribution in [3.8, 4) is 11.5 Å². The first-order valence-electron chi connectivity index (χ1n) is 8.14. The number of hydrogen-bond acceptors (Lipinski definition) is 4. The molecule has 3 aromatic rings. The van der Waals surface area contributed by atoms with E-state index in [-0.39, 0.29) is 11.7 Å². The Bertz CT molecular complexity index is 930. The average Bonchev–Trinajstić information content (AvgIpc) is 3.16. The third kappa shape index (κ3) is 3.58. The van der Waals surface area contributed by atoms with Crippen LogP contribution in [-0.2, 0) is 11.8 Å². The van der Waals surface area contributed by atoms with E-state index in [1.54, 1.807) is 17.8 Å². The summed E-state index contributed by atoms with van der Waals surface area (Å²) in [6.07, 6.45) is 3.13. The molecule has 0 spiro atoms. The maximum Gasteiger partial charge on any atom is 0.249 e. The van der Waals surface area contributed by atoms with Gasteiger partial charge in [0.25, 0.3) is 0 Å². The smallest absolute Gasteiger partial charge is 0.249 e. The van der Waals surface area contributed by atoms with Crippen LogP contribution < -0.4 is 10.1 Å². The molecule has 0 saturated heterocycles. The van der Waals surface area contributed by atoms with Gasteiger partial charge in [0.05, 0.1) is 29.5 Å². The Hall–Kier alpha value is -3.16. The van der Waals surface area contributed by atoms with E-state index in [1.165, 1.54) is 35.1 Å². The van der Waals surface area contributed by atoms with Crippen molar-refractivity contribution in [2.24, 2.45) is 7.05 Å². The molecule has 2 heterocycles. The van der Waals surface area contributed by atoms with Crippen LogP contribution in [0.15, 0.2) is 36.7 Å². The molecule has 1 amide bonds. The molecule has 8 heteroatoms. The SMILES string of the molecule is Cc1nn(C)c(C)c1NC(=O)C(C)n1cc(Oc2ccc(F)cc2)cn1. The summed E-state index contributed by atoms with van der Waals surface area (Å²) in [5, 5.41) is 11.4. The molecular weight excluding hydrogens is 337 g/mol. The van der Waals surface area contributed by atoms with E-state index in [4.69, 9.17) is 4.74 Å². The molecule has 1 atom stereocenters. The fraction of sp³-hybridized carbons (Fsp3) is 0.278. The van der Waals surface area contributed by atoms with Gasteiger partial charge in [-0.05, 0) is 45.0 Å². The quantitative estimate of drug-likeness (QED) is 0.760. The van der Waals surface area contributed by atoms with Crippen LogP contribution in [-0.4, -0.2) is 25.5 Å². The molecule has 0 bridgehead atoms. The molecule has 2 aromatic heterocycles. The second-order valence-electron chi connectivity index (χ2n) is 6.05. The number of rotatable bonds is 5. The summed E-state index contributed by atoms with van der Waals surface area (Å²) in [6, 6.07) is 5.13. The Morgan fingerprint density at radius 3 is 2.54 bits per heavy atom. The van der Waals surface area contributed by atoms with Crippen molar-refractivity contribution in [1.82, 2.24) is 19.6 Å². The fourth-order valence-corrected chi connectivity index (χ4v) is 2.53. The van der Waals surface area contributed by atoms with Crippen LogP contribution in [0.5, 0.6) is 11.5 Å². The predicted octanol–water partition coefficient (Wildman–Crippen LogP) is 3.36. The zero-order chi connectivity index (χ0) is 18.8. The molecule has 26 heavy (non-hydrogen) atoms. The Labute approximate surface area is 150 Å². The fourth-order valence-electron chi connectivity index (χ4n) is 2.53. The summed E-state index contributed by atoms with van der Waals surface area (Å²) in [6.45, 7) is 5.48. The summed E-state index contributed by atoms with van der Waals surface area (Å²) in [4.78, 5) is 12.5. The van der Waals surface area contributed by atoms with Gasteiger partial charge < -0.3 is 10.1 Å². The first-order valence-corrected chi connectivity index (χ1v) is 8.14. The number of carbonyl (C=O) groups excluding carboxylic acids is 1. The average molecular weight is 357 g/mol. The highest BCUT2D eigenvalue weighted by atomic mass is 19.1. The van der Waals surface area contributed by atoms with Gasteiger partial charge in [-0.15, -0.1) is 0 Å². The Morgan fingerprint density at radius 2 is 1.92 bits per heavy atom. The van der Waals surface area contributed by atoms with Crippen LogP contribution in [0.25, 0.3) is 0 Å². The van der Waals surface area contributed by atoms with Crippen LogP contribution in [0.2, 0.25) is 0 Å². The van der Waals surface area contributed by atoms with Gasteiger partial charge in [-0.3, -0.25) is 14.2 Å². The highest BCUT2D eigenvalue weighted by Crippen LogP contribution is 2.23. The number of carbonyl (C=O) groups is 1. The third-order valence-electron chi connectivity index (χ3n) is 4.16. The van der Waals surface area contributed by atoms with Crippen molar-refractivity contribution in [1.29, 1.82) is 0 Å². The van der Waals surface area contributed by atoms with Crippen LogP contribution in [0, 0.1) is 19.7 Å². The number of nitrogens with zero attached hydrogens (tertiary/aromatic N) is 4. The van der Waals surface area contributed by atoms with E-state index < -0.39 is 6.04 Å². The lowest BCUT2D eigenvalue weighted by Crippen LogP contribution is -2.24. The van der Waals surface area contributed by atoms with Gasteiger partial charge in [0.2, 0.25) is 5.91 Å². The van der Waals surface area contributed by atoms with Crippen LogP contribution in [0.3, 0.4) is 0 Å². The second kappa shape index (κ2) is 6.99. The molecule has 1 N–H and O–H groups in total. The molecule has 1 aromatic carbocycles. The number of amides is 1. The lowest BCUT2D eigenvalue weighted by molar-refractivity contribution is -0.119. The van der Waals surface area contributed by atoms with Crippen molar-refractivity contribution >= 4 is 11.6 Å². The minimum absolute atomic E-state index is 0.208. The number of halogens is 1. The zero-order valence-corrected chi connectivity index (χ0v) is 15.0. The highest BCUT2D eigenvalue weighted by Gasteiger charge is 2.20. The van der Waals surface area contributed by atoms with Gasteiger partial charge in [0, 0.05) is 7.05 Å². The monoisotopic (exact) mass is 357 g/mol. The summed E-state index contributed by atoms with van der Waals surface area (Å²) in [5.74, 6) is 0.412. The van der Waals surface area contributed by atoms with Crippen molar-refractivity contribution < 1.29 is 13.9 Å². The first-order chi connectivity index (χ1) is 12.3. The van der Waals surface area contributed by atoms with Gasteiger partial charge in [0.15, 0.2) is 5.75 Å². The van der Waals surface area contributed by atoms with Crippen molar-refractivity contribution in [2.75, 3.05) is 5.32 Å². The molecule has 136 valence electrons. The summed E-state index contributed by atoms with van der Waals surface area (Å²) >= 11 is 0. The predicted molar refractivity (Wildman–Crippen MR) is 94.7 cm³/mol. The molecule has 1 unspecified atom stereocenters. The summed E-state index contributed by atoms with van der Waals surface area (Å²) in [7, 11) is 1.83. The molecule has 0 aliphatic carbocycles. The van der Waals surface area contributed by atoms with Gasteiger partial charge in [-0.25, -0.2) is 4.39 Å². The topological polar surface area (TPSA) is 74.0 Å². The molecule has 0 fully saturated rings. The van der Waals surface area contributed by atoms with E-state index in [0.717, 1.165) is 11.4 Å². The minimum atomic E-state index is -0.542. The number of aromatic nitrogens is 4. The Morgan fingerprint density at radius 1 is 1.23 bits per heavy atom. The standard InChI is InChI=1S/C18H20FN5O2/c1-11-17(12(2)23(4)22-11)21-18(25)13(3)24-10-16(9-20-24)26-15-7-5-14(19)6-8-15/h5-10,13H,1-4H3,(H,21,25). The number of nitrogens with one attached hydrogen (secondary N) is 1. The van der Waals surface area contributed by atoms with E-state index in [2.05, 4.69) is 15.5 Å². The van der Waals surface area contributed by atoms with Gasteiger partial charge in [-0.1, -0.05) is 0 Å². The zero-order valence-electron chi connectivity index (χ0n) is 15.0. The normalized spacial score (nSPS) is 12.0. The van der Waals surface area contributed by atoms with Crippen molar-refractivity contribution in [3.63, 3.8) is 0 Å². The molecular formula is C18H20FN5O2. The van der Waals surface area contributed by atoms with E-state index in [9.17, 15) is 9.18 Å². The minimum Gasteiger partial charge on any atom is -0.454 e. The summed E-state index contributed by atoms with van der Waals surface area (Å²) in [5.41, 5.74) is 2.34. The Balaban J connectivity index is 1.69. The number of benzene rings is 1. The van der Waals surface area contributed by atoms with Crippen LogP contribution in [0.4, 0.5) is 10.1 Å². The lowest BCUT2D eigenvalue weighted by atomic mass is 10.2. The van der Waals surface area contributed by atoms with Crippen LogP contribution in [0.1, 0.15) is 24.4 Å². The van der Waals surface area contributed by atoms with E-state index >= 15 is 0 Å². The van der Waals surface area contributed by atoms with Gasteiger partial charge in [-0.2, -0.15) is 10.2 Å². The molecule has 0 radical (unpaired) electrons. The summed E-state index contributed by atoms with van der Waals surface area (Å²) < 4.78 is 21.8. The van der Waals surface area contributed by atoms with Crippen LogP contribution >= 0.6 is 0 Å². The number of anilines is 1. The highest BCUT2D eigenvalue weighted by molar-refractivity contribution is 5.94. The lowest BCUT2D eigenvalue weighted by Gasteiger charge is -2.13. The number of aryl methyl sites for hydroxylation is 2. The number of ether oxygens (including phenoxy) is 1. The molecule has 0 aliphatic rings. The molecule has 0 saturated carbocycles. The largest absolute Gasteiger partial charge is 0.454 e. The third-order valence-corrected chi connectivity index (χ3v) is 4.16. The second-order valence-corrected chi connectivity index (χ2v) is 6.05. The van der Waals surface area contributed by atoms with E-state index in [1.807, 2.05) is 20.9 Å². The molecule has 7 nitrogen and oxygen atoms in total. The van der Waals surface area contributed by atoms with Gasteiger partial charge in [0.1, 0.15) is 17.6 Å². The van der Waals surface area contributed by atoms with E-state index in [0.29, 0.717) is 17.2 Å². The molecule has 3 rings (SSSR count). The Kier molecular flexibility index (Phi) is 4.75. The molecule has 0 aliphatic heterocycles. The van der Waals surface area contributed by atoms with Crippen molar-refractivity contribution in [3.05, 3.63) is 53.9 Å². The van der Waals surface area contributed by atoms with Crippen molar-refractivity contribution in [2.45, 2.75) is 26.8 Å². The maximum absolute atomic E-state index is 12.9.